The number of hydrogen-bond donors (Lipinski definition) is 1. The molecule has 0 aliphatic heterocycles. The molecule has 0 fully saturated rings. The predicted molar refractivity (Wildman–Crippen MR) is 60.8 cm³/mol. The maximum Gasteiger partial charge on any atom is 0.306 e. The van der Waals surface area contributed by atoms with Gasteiger partial charge in [-0.15, -0.1) is 0 Å². The maximum absolute atomic E-state index is 13.3. The number of halogens is 2. The molecule has 0 aliphatic carbocycles. The van der Waals surface area contributed by atoms with Crippen LogP contribution in [0.2, 0.25) is 0 Å². The lowest BCUT2D eigenvalue weighted by atomic mass is 9.94. The van der Waals surface area contributed by atoms with Crippen molar-refractivity contribution >= 4 is 5.97 Å². The van der Waals surface area contributed by atoms with Gasteiger partial charge in [0.2, 0.25) is 0 Å². The van der Waals surface area contributed by atoms with Crippen LogP contribution in [0.25, 0.3) is 0 Å². The van der Waals surface area contributed by atoms with Gasteiger partial charge in [-0.1, -0.05) is 13.3 Å². The zero-order valence-corrected chi connectivity index (χ0v) is 9.96. The number of rotatable bonds is 5. The molecule has 94 valence electrons. The van der Waals surface area contributed by atoms with E-state index in [0.717, 1.165) is 6.42 Å². The first kappa shape index (κ1) is 13.6. The second kappa shape index (κ2) is 5.75. The summed E-state index contributed by atoms with van der Waals surface area (Å²) in [7, 11) is 0. The first-order chi connectivity index (χ1) is 7.95. The maximum atomic E-state index is 13.3. The number of carbonyl (C=O) groups is 1. The van der Waals surface area contributed by atoms with E-state index in [1.165, 1.54) is 19.1 Å². The van der Waals surface area contributed by atoms with Crippen molar-refractivity contribution in [3.05, 3.63) is 34.9 Å². The van der Waals surface area contributed by atoms with Crippen LogP contribution in [0.5, 0.6) is 0 Å². The number of hydrogen-bond acceptors (Lipinski definition) is 1. The van der Waals surface area contributed by atoms with E-state index >= 15 is 0 Å². The average molecular weight is 242 g/mol. The van der Waals surface area contributed by atoms with E-state index in [4.69, 9.17) is 5.11 Å². The number of aliphatic carboxylic acids is 1. The van der Waals surface area contributed by atoms with E-state index in [9.17, 15) is 13.6 Å². The van der Waals surface area contributed by atoms with Gasteiger partial charge in [0.25, 0.3) is 0 Å². The second-order valence-corrected chi connectivity index (χ2v) is 4.21. The molecule has 1 atom stereocenters. The molecule has 0 spiro atoms. The van der Waals surface area contributed by atoms with Gasteiger partial charge in [0.15, 0.2) is 0 Å². The Morgan fingerprint density at radius 3 is 2.29 bits per heavy atom. The van der Waals surface area contributed by atoms with Gasteiger partial charge in [-0.2, -0.15) is 0 Å². The second-order valence-electron chi connectivity index (χ2n) is 4.21. The molecular weight excluding hydrogens is 226 g/mol. The van der Waals surface area contributed by atoms with Crippen molar-refractivity contribution in [1.29, 1.82) is 0 Å². The molecule has 0 amide bonds. The van der Waals surface area contributed by atoms with Gasteiger partial charge in [-0.05, 0) is 37.5 Å². The van der Waals surface area contributed by atoms with Crippen LogP contribution in [-0.4, -0.2) is 11.1 Å². The monoisotopic (exact) mass is 242 g/mol. The SMILES string of the molecule is CCCC(Cc1cc(F)c(C)c(F)c1)C(=O)O. The van der Waals surface area contributed by atoms with E-state index in [-0.39, 0.29) is 12.0 Å². The summed E-state index contributed by atoms with van der Waals surface area (Å²) in [6.07, 6.45) is 1.40. The number of carboxylic acid groups (broad SMARTS) is 1. The Bertz CT molecular complexity index is 393. The Hall–Kier alpha value is -1.45. The van der Waals surface area contributed by atoms with Crippen LogP contribution >= 0.6 is 0 Å². The highest BCUT2D eigenvalue weighted by molar-refractivity contribution is 5.70. The lowest BCUT2D eigenvalue weighted by Gasteiger charge is -2.12. The molecule has 0 saturated carbocycles. The van der Waals surface area contributed by atoms with Crippen molar-refractivity contribution in [3.8, 4) is 0 Å². The van der Waals surface area contributed by atoms with Crippen LogP contribution in [0.3, 0.4) is 0 Å². The summed E-state index contributed by atoms with van der Waals surface area (Å²) < 4.78 is 26.6. The number of benzene rings is 1. The molecule has 1 N–H and O–H groups in total. The van der Waals surface area contributed by atoms with Crippen molar-refractivity contribution in [2.45, 2.75) is 33.1 Å². The molecular formula is C13H16F2O2. The highest BCUT2D eigenvalue weighted by Gasteiger charge is 2.18. The highest BCUT2D eigenvalue weighted by atomic mass is 19.1. The molecule has 0 radical (unpaired) electrons. The molecule has 4 heteroatoms. The minimum atomic E-state index is -0.923. The van der Waals surface area contributed by atoms with E-state index in [2.05, 4.69) is 0 Å². The van der Waals surface area contributed by atoms with E-state index < -0.39 is 23.5 Å². The summed E-state index contributed by atoms with van der Waals surface area (Å²) in [5, 5.41) is 8.97. The lowest BCUT2D eigenvalue weighted by Crippen LogP contribution is -2.16. The van der Waals surface area contributed by atoms with Crippen LogP contribution in [0.1, 0.15) is 30.9 Å². The standard InChI is InChI=1S/C13H16F2O2/c1-3-4-10(13(16)17)5-9-6-11(14)8(2)12(15)7-9/h6-7,10H,3-5H2,1-2H3,(H,16,17). The van der Waals surface area contributed by atoms with Gasteiger partial charge in [-0.3, -0.25) is 4.79 Å². The molecule has 1 aromatic carbocycles. The summed E-state index contributed by atoms with van der Waals surface area (Å²) >= 11 is 0. The zero-order valence-electron chi connectivity index (χ0n) is 9.96. The predicted octanol–water partition coefficient (Wildman–Crippen LogP) is 3.32. The van der Waals surface area contributed by atoms with E-state index in [0.29, 0.717) is 12.0 Å². The quantitative estimate of drug-likeness (QED) is 0.860. The molecule has 0 saturated heterocycles. The third-order valence-electron chi connectivity index (χ3n) is 2.81. The van der Waals surface area contributed by atoms with Gasteiger partial charge in [0, 0.05) is 5.56 Å². The molecule has 17 heavy (non-hydrogen) atoms. The fraction of sp³-hybridized carbons (Fsp3) is 0.462. The molecule has 0 bridgehead atoms. The average Bonchev–Trinajstić information content (AvgIpc) is 2.25. The summed E-state index contributed by atoms with van der Waals surface area (Å²) in [6.45, 7) is 3.24. The molecule has 0 aromatic heterocycles. The Kier molecular flexibility index (Phi) is 4.61. The minimum absolute atomic E-state index is 0.0314. The molecule has 0 heterocycles. The smallest absolute Gasteiger partial charge is 0.306 e. The van der Waals surface area contributed by atoms with Gasteiger partial charge in [0.1, 0.15) is 11.6 Å². The topological polar surface area (TPSA) is 37.3 Å². The van der Waals surface area contributed by atoms with Crippen molar-refractivity contribution in [2.75, 3.05) is 0 Å². The van der Waals surface area contributed by atoms with E-state index in [1.54, 1.807) is 0 Å². The molecule has 0 aliphatic rings. The van der Waals surface area contributed by atoms with Crippen molar-refractivity contribution < 1.29 is 18.7 Å². The largest absolute Gasteiger partial charge is 0.481 e. The van der Waals surface area contributed by atoms with Crippen molar-refractivity contribution in [3.63, 3.8) is 0 Å². The van der Waals surface area contributed by atoms with Gasteiger partial charge in [0.05, 0.1) is 5.92 Å². The van der Waals surface area contributed by atoms with Crippen LogP contribution in [0, 0.1) is 24.5 Å². The minimum Gasteiger partial charge on any atom is -0.481 e. The van der Waals surface area contributed by atoms with Crippen molar-refractivity contribution in [1.82, 2.24) is 0 Å². The van der Waals surface area contributed by atoms with E-state index in [1.807, 2.05) is 6.92 Å². The highest BCUT2D eigenvalue weighted by Crippen LogP contribution is 2.19. The third kappa shape index (κ3) is 3.51. The summed E-state index contributed by atoms with van der Waals surface area (Å²) in [5.74, 6) is -2.75. The number of carboxylic acids is 1. The van der Waals surface area contributed by atoms with Crippen molar-refractivity contribution in [2.24, 2.45) is 5.92 Å². The Morgan fingerprint density at radius 2 is 1.88 bits per heavy atom. The summed E-state index contributed by atoms with van der Waals surface area (Å²) in [6, 6.07) is 2.42. The van der Waals surface area contributed by atoms with Crippen LogP contribution < -0.4 is 0 Å². The van der Waals surface area contributed by atoms with Gasteiger partial charge in [-0.25, -0.2) is 8.78 Å². The Morgan fingerprint density at radius 1 is 1.35 bits per heavy atom. The fourth-order valence-corrected chi connectivity index (χ4v) is 1.76. The Labute approximate surface area is 99.3 Å². The Balaban J connectivity index is 2.90. The molecule has 1 rings (SSSR count). The van der Waals surface area contributed by atoms with Gasteiger partial charge < -0.3 is 5.11 Å². The molecule has 2 nitrogen and oxygen atoms in total. The summed E-state index contributed by atoms with van der Waals surface area (Å²) in [4.78, 5) is 10.9. The normalized spacial score (nSPS) is 12.5. The first-order valence-electron chi connectivity index (χ1n) is 5.63. The zero-order chi connectivity index (χ0) is 13.0. The molecule has 1 unspecified atom stereocenters. The lowest BCUT2D eigenvalue weighted by molar-refractivity contribution is -0.141. The van der Waals surface area contributed by atoms with Crippen LogP contribution in [0.15, 0.2) is 12.1 Å². The molecule has 1 aromatic rings. The van der Waals surface area contributed by atoms with Crippen LogP contribution in [0.4, 0.5) is 8.78 Å². The third-order valence-corrected chi connectivity index (χ3v) is 2.81. The van der Waals surface area contributed by atoms with Crippen LogP contribution in [-0.2, 0) is 11.2 Å². The summed E-state index contributed by atoms with van der Waals surface area (Å²) in [5.41, 5.74) is 0.363. The van der Waals surface area contributed by atoms with Gasteiger partial charge >= 0.3 is 5.97 Å². The fourth-order valence-electron chi connectivity index (χ4n) is 1.76. The first-order valence-corrected chi connectivity index (χ1v) is 5.63.